The van der Waals surface area contributed by atoms with Gasteiger partial charge < -0.3 is 9.84 Å². The average molecular weight is 396 g/mol. The van der Waals surface area contributed by atoms with Crippen molar-refractivity contribution in [2.75, 3.05) is 19.6 Å². The van der Waals surface area contributed by atoms with E-state index in [1.807, 2.05) is 6.92 Å². The van der Waals surface area contributed by atoms with E-state index in [4.69, 9.17) is 4.52 Å². The van der Waals surface area contributed by atoms with Crippen molar-refractivity contribution in [2.45, 2.75) is 38.9 Å². The van der Waals surface area contributed by atoms with E-state index in [9.17, 15) is 18.0 Å². The van der Waals surface area contributed by atoms with E-state index in [-0.39, 0.29) is 23.2 Å². The third-order valence-electron chi connectivity index (χ3n) is 4.78. The highest BCUT2D eigenvalue weighted by Crippen LogP contribution is 2.31. The van der Waals surface area contributed by atoms with Gasteiger partial charge in [-0.1, -0.05) is 24.2 Å². The van der Waals surface area contributed by atoms with Gasteiger partial charge in [0.05, 0.1) is 12.1 Å². The molecule has 6 nitrogen and oxygen atoms in total. The molecule has 0 radical (unpaired) electrons. The standard InChI is InChI=1S/C19H23F3N4O2/c1-2-8-23-18(27)13-6-9-26(10-7-13)12-16-24-17(25-28-16)14-4-3-5-15(11-14)19(20,21)22/h3-5,11,13H,2,6-10,12H2,1H3,(H,23,27). The number of likely N-dealkylation sites (tertiary alicyclic amines) is 1. The molecule has 1 aliphatic rings. The molecule has 1 fully saturated rings. The molecular weight excluding hydrogens is 373 g/mol. The van der Waals surface area contributed by atoms with E-state index in [1.54, 1.807) is 0 Å². The Morgan fingerprint density at radius 1 is 1.32 bits per heavy atom. The van der Waals surface area contributed by atoms with Gasteiger partial charge in [0.2, 0.25) is 17.6 Å². The van der Waals surface area contributed by atoms with Gasteiger partial charge in [-0.3, -0.25) is 9.69 Å². The highest BCUT2D eigenvalue weighted by Gasteiger charge is 2.31. The summed E-state index contributed by atoms with van der Waals surface area (Å²) in [6, 6.07) is 4.85. The van der Waals surface area contributed by atoms with Crippen LogP contribution in [0.5, 0.6) is 0 Å². The fourth-order valence-electron chi connectivity index (χ4n) is 3.21. The highest BCUT2D eigenvalue weighted by atomic mass is 19.4. The molecule has 0 atom stereocenters. The highest BCUT2D eigenvalue weighted by molar-refractivity contribution is 5.78. The Morgan fingerprint density at radius 3 is 2.75 bits per heavy atom. The van der Waals surface area contributed by atoms with Crippen LogP contribution in [-0.4, -0.2) is 40.6 Å². The van der Waals surface area contributed by atoms with E-state index in [0.717, 1.165) is 44.5 Å². The first kappa shape index (κ1) is 20.3. The quantitative estimate of drug-likeness (QED) is 0.809. The number of hydrogen-bond acceptors (Lipinski definition) is 5. The number of rotatable bonds is 6. The molecule has 0 saturated carbocycles. The largest absolute Gasteiger partial charge is 0.416 e. The van der Waals surface area contributed by atoms with Gasteiger partial charge in [-0.15, -0.1) is 0 Å². The number of alkyl halides is 3. The molecule has 1 N–H and O–H groups in total. The first-order valence-corrected chi connectivity index (χ1v) is 9.37. The van der Waals surface area contributed by atoms with E-state index in [1.165, 1.54) is 12.1 Å². The third kappa shape index (κ3) is 5.09. The minimum absolute atomic E-state index is 0.0196. The van der Waals surface area contributed by atoms with Crippen LogP contribution in [0.1, 0.15) is 37.6 Å². The SMILES string of the molecule is CCCNC(=O)C1CCN(Cc2nc(-c3cccc(C(F)(F)F)c3)no2)CC1. The Kier molecular flexibility index (Phi) is 6.33. The Balaban J connectivity index is 1.57. The van der Waals surface area contributed by atoms with Gasteiger partial charge in [0.15, 0.2) is 0 Å². The lowest BCUT2D eigenvalue weighted by Crippen LogP contribution is -2.40. The van der Waals surface area contributed by atoms with Gasteiger partial charge in [-0.25, -0.2) is 0 Å². The number of carbonyl (C=O) groups excluding carboxylic acids is 1. The Morgan fingerprint density at radius 2 is 2.07 bits per heavy atom. The summed E-state index contributed by atoms with van der Waals surface area (Å²) in [5.41, 5.74) is -0.490. The van der Waals surface area contributed by atoms with Crippen molar-refractivity contribution in [3.8, 4) is 11.4 Å². The van der Waals surface area contributed by atoms with Gasteiger partial charge in [0.1, 0.15) is 0 Å². The number of hydrogen-bond donors (Lipinski definition) is 1. The third-order valence-corrected chi connectivity index (χ3v) is 4.78. The second-order valence-corrected chi connectivity index (χ2v) is 6.93. The summed E-state index contributed by atoms with van der Waals surface area (Å²) in [4.78, 5) is 18.4. The van der Waals surface area contributed by atoms with Crippen molar-refractivity contribution in [3.05, 3.63) is 35.7 Å². The fourth-order valence-corrected chi connectivity index (χ4v) is 3.21. The number of amides is 1. The van der Waals surface area contributed by atoms with Crippen LogP contribution in [-0.2, 0) is 17.5 Å². The van der Waals surface area contributed by atoms with E-state index < -0.39 is 11.7 Å². The minimum Gasteiger partial charge on any atom is -0.356 e. The van der Waals surface area contributed by atoms with Gasteiger partial charge in [-0.05, 0) is 44.5 Å². The monoisotopic (exact) mass is 396 g/mol. The lowest BCUT2D eigenvalue weighted by atomic mass is 9.96. The lowest BCUT2D eigenvalue weighted by Gasteiger charge is -2.30. The number of nitrogens with one attached hydrogen (secondary N) is 1. The predicted molar refractivity (Wildman–Crippen MR) is 96.0 cm³/mol. The van der Waals surface area contributed by atoms with Crippen molar-refractivity contribution < 1.29 is 22.5 Å². The molecule has 0 bridgehead atoms. The molecule has 1 saturated heterocycles. The smallest absolute Gasteiger partial charge is 0.356 e. The Labute approximate surface area is 161 Å². The Hall–Kier alpha value is -2.42. The van der Waals surface area contributed by atoms with Crippen LogP contribution in [0.4, 0.5) is 13.2 Å². The summed E-state index contributed by atoms with van der Waals surface area (Å²) >= 11 is 0. The molecule has 3 rings (SSSR count). The minimum atomic E-state index is -4.42. The van der Waals surface area contributed by atoms with Crippen LogP contribution in [0.15, 0.2) is 28.8 Å². The first-order valence-electron chi connectivity index (χ1n) is 9.37. The van der Waals surface area contributed by atoms with Crippen molar-refractivity contribution in [2.24, 2.45) is 5.92 Å². The number of halogens is 3. The summed E-state index contributed by atoms with van der Waals surface area (Å²) in [6.07, 6.45) is -2.00. The topological polar surface area (TPSA) is 71.3 Å². The zero-order valence-electron chi connectivity index (χ0n) is 15.6. The molecule has 9 heteroatoms. The lowest BCUT2D eigenvalue weighted by molar-refractivity contribution is -0.137. The molecule has 1 aromatic carbocycles. The first-order chi connectivity index (χ1) is 13.4. The zero-order valence-corrected chi connectivity index (χ0v) is 15.6. The molecule has 1 amide bonds. The summed E-state index contributed by atoms with van der Waals surface area (Å²) in [5, 5.41) is 6.73. The van der Waals surface area contributed by atoms with Crippen LogP contribution in [0.25, 0.3) is 11.4 Å². The Bertz CT molecular complexity index is 798. The van der Waals surface area contributed by atoms with Crippen LogP contribution < -0.4 is 5.32 Å². The summed E-state index contributed by atoms with van der Waals surface area (Å²) in [6.45, 7) is 4.58. The molecule has 0 spiro atoms. The number of carbonyl (C=O) groups is 1. The van der Waals surface area contributed by atoms with Gasteiger partial charge in [0, 0.05) is 18.0 Å². The van der Waals surface area contributed by atoms with E-state index >= 15 is 0 Å². The normalized spacial score (nSPS) is 16.3. The molecule has 0 aliphatic carbocycles. The molecule has 152 valence electrons. The van der Waals surface area contributed by atoms with E-state index in [2.05, 4.69) is 20.4 Å². The van der Waals surface area contributed by atoms with Gasteiger partial charge in [0.25, 0.3) is 0 Å². The second kappa shape index (κ2) is 8.72. The predicted octanol–water partition coefficient (Wildman–Crippen LogP) is 3.49. The fraction of sp³-hybridized carbons (Fsp3) is 0.526. The molecule has 1 aliphatic heterocycles. The van der Waals surface area contributed by atoms with Crippen LogP contribution in [0.2, 0.25) is 0 Å². The molecule has 0 unspecified atom stereocenters. The molecular formula is C19H23F3N4O2. The second-order valence-electron chi connectivity index (χ2n) is 6.93. The van der Waals surface area contributed by atoms with Crippen LogP contribution in [0.3, 0.4) is 0 Å². The zero-order chi connectivity index (χ0) is 20.1. The van der Waals surface area contributed by atoms with Crippen molar-refractivity contribution >= 4 is 5.91 Å². The summed E-state index contributed by atoms with van der Waals surface area (Å²) in [7, 11) is 0. The summed E-state index contributed by atoms with van der Waals surface area (Å²) < 4.78 is 43.8. The molecule has 1 aromatic heterocycles. The van der Waals surface area contributed by atoms with Gasteiger partial charge in [-0.2, -0.15) is 18.2 Å². The maximum absolute atomic E-state index is 12.9. The average Bonchev–Trinajstić information content (AvgIpc) is 3.14. The van der Waals surface area contributed by atoms with Crippen molar-refractivity contribution in [1.82, 2.24) is 20.4 Å². The maximum Gasteiger partial charge on any atom is 0.416 e. The number of aromatic nitrogens is 2. The number of benzene rings is 1. The molecule has 2 heterocycles. The van der Waals surface area contributed by atoms with Crippen molar-refractivity contribution in [1.29, 1.82) is 0 Å². The number of piperidine rings is 1. The maximum atomic E-state index is 12.9. The van der Waals surface area contributed by atoms with Gasteiger partial charge >= 0.3 is 6.18 Å². The molecule has 2 aromatic rings. The van der Waals surface area contributed by atoms with E-state index in [0.29, 0.717) is 19.0 Å². The number of nitrogens with zero attached hydrogens (tertiary/aromatic N) is 3. The summed E-state index contributed by atoms with van der Waals surface area (Å²) in [5.74, 6) is 0.605. The molecule has 28 heavy (non-hydrogen) atoms. The van der Waals surface area contributed by atoms with Crippen LogP contribution in [0, 0.1) is 5.92 Å². The van der Waals surface area contributed by atoms with Crippen LogP contribution >= 0.6 is 0 Å². The van der Waals surface area contributed by atoms with Crippen molar-refractivity contribution in [3.63, 3.8) is 0 Å².